The zero-order chi connectivity index (χ0) is 12.1. The summed E-state index contributed by atoms with van der Waals surface area (Å²) in [6.07, 6.45) is 0. The van der Waals surface area contributed by atoms with E-state index in [2.05, 4.69) is 0 Å². The van der Waals surface area contributed by atoms with Crippen molar-refractivity contribution >= 4 is 5.91 Å². The van der Waals surface area contributed by atoms with Crippen LogP contribution in [0, 0.1) is 11.6 Å². The van der Waals surface area contributed by atoms with Crippen molar-refractivity contribution in [2.24, 2.45) is 11.5 Å². The Morgan fingerprint density at radius 3 is 2.69 bits per heavy atom. The first-order chi connectivity index (χ1) is 7.50. The summed E-state index contributed by atoms with van der Waals surface area (Å²) in [6.45, 7) is -0.345. The number of carbonyl (C=O) groups is 1. The van der Waals surface area contributed by atoms with Crippen LogP contribution < -0.4 is 11.5 Å². The number of primary amides is 1. The topological polar surface area (TPSA) is 78.3 Å². The monoisotopic (exact) mass is 230 g/mol. The average Bonchev–Trinajstić information content (AvgIpc) is 2.16. The molecule has 6 heteroatoms. The molecule has 1 rings (SSSR count). The number of nitrogens with two attached hydrogens (primary N) is 2. The lowest BCUT2D eigenvalue weighted by Gasteiger charge is -2.12. The Kier molecular flexibility index (Phi) is 4.33. The first-order valence-corrected chi connectivity index (χ1v) is 4.57. The number of amides is 1. The van der Waals surface area contributed by atoms with Crippen LogP contribution in [0.1, 0.15) is 11.6 Å². The lowest BCUT2D eigenvalue weighted by molar-refractivity contribution is -0.122. The van der Waals surface area contributed by atoms with Crippen LogP contribution >= 0.6 is 0 Å². The molecule has 0 aliphatic heterocycles. The van der Waals surface area contributed by atoms with Crippen molar-refractivity contribution in [3.63, 3.8) is 0 Å². The van der Waals surface area contributed by atoms with Gasteiger partial charge in [-0.2, -0.15) is 0 Å². The largest absolute Gasteiger partial charge is 0.370 e. The first-order valence-electron chi connectivity index (χ1n) is 4.57. The third-order valence-electron chi connectivity index (χ3n) is 1.90. The minimum absolute atomic E-state index is 0.0640. The quantitative estimate of drug-likeness (QED) is 0.771. The Morgan fingerprint density at radius 2 is 2.12 bits per heavy atom. The van der Waals surface area contributed by atoms with Gasteiger partial charge in [-0.1, -0.05) is 6.07 Å². The molecule has 1 atom stereocenters. The fourth-order valence-corrected chi connectivity index (χ4v) is 1.18. The van der Waals surface area contributed by atoms with Crippen LogP contribution in [0.3, 0.4) is 0 Å². The Hall–Kier alpha value is -1.53. The maximum absolute atomic E-state index is 13.2. The van der Waals surface area contributed by atoms with Gasteiger partial charge in [0.05, 0.1) is 12.6 Å². The first kappa shape index (κ1) is 12.5. The van der Waals surface area contributed by atoms with Crippen LogP contribution in [0.5, 0.6) is 0 Å². The summed E-state index contributed by atoms with van der Waals surface area (Å²) in [5.74, 6) is -2.05. The molecule has 4 nitrogen and oxygen atoms in total. The van der Waals surface area contributed by atoms with E-state index in [1.807, 2.05) is 0 Å². The van der Waals surface area contributed by atoms with Crippen LogP contribution in [0.4, 0.5) is 8.78 Å². The summed E-state index contributed by atoms with van der Waals surface area (Å²) in [5, 5.41) is 0. The van der Waals surface area contributed by atoms with E-state index in [0.717, 1.165) is 12.1 Å². The van der Waals surface area contributed by atoms with E-state index in [4.69, 9.17) is 16.2 Å². The maximum Gasteiger partial charge on any atom is 0.243 e. The SMILES string of the molecule is NC(=O)COCC(N)c1ccc(F)cc1F. The van der Waals surface area contributed by atoms with Crippen LogP contribution in [0.2, 0.25) is 0 Å². The lowest BCUT2D eigenvalue weighted by atomic mass is 10.1. The highest BCUT2D eigenvalue weighted by Crippen LogP contribution is 2.16. The minimum Gasteiger partial charge on any atom is -0.370 e. The normalized spacial score (nSPS) is 12.4. The predicted molar refractivity (Wildman–Crippen MR) is 53.3 cm³/mol. The van der Waals surface area contributed by atoms with Gasteiger partial charge in [-0.3, -0.25) is 4.79 Å². The van der Waals surface area contributed by atoms with E-state index < -0.39 is 23.6 Å². The fraction of sp³-hybridized carbons (Fsp3) is 0.300. The molecule has 0 fully saturated rings. The van der Waals surface area contributed by atoms with Gasteiger partial charge in [0, 0.05) is 11.6 Å². The van der Waals surface area contributed by atoms with Gasteiger partial charge in [0.25, 0.3) is 0 Å². The minimum atomic E-state index is -0.764. The van der Waals surface area contributed by atoms with Crippen molar-refractivity contribution in [1.82, 2.24) is 0 Å². The molecule has 0 heterocycles. The van der Waals surface area contributed by atoms with Gasteiger partial charge in [-0.05, 0) is 6.07 Å². The average molecular weight is 230 g/mol. The van der Waals surface area contributed by atoms with Crippen molar-refractivity contribution < 1.29 is 18.3 Å². The van der Waals surface area contributed by atoms with Gasteiger partial charge < -0.3 is 16.2 Å². The highest BCUT2D eigenvalue weighted by molar-refractivity contribution is 5.74. The maximum atomic E-state index is 13.2. The third kappa shape index (κ3) is 3.56. The molecule has 0 bridgehead atoms. The Bertz CT molecular complexity index is 385. The molecule has 0 spiro atoms. The predicted octanol–water partition coefficient (Wildman–Crippen LogP) is 0.467. The number of benzene rings is 1. The number of carbonyl (C=O) groups excluding carboxylic acids is 1. The zero-order valence-corrected chi connectivity index (χ0v) is 8.45. The highest BCUT2D eigenvalue weighted by atomic mass is 19.1. The second kappa shape index (κ2) is 5.53. The summed E-state index contributed by atoms with van der Waals surface area (Å²) >= 11 is 0. The van der Waals surface area contributed by atoms with Crippen molar-refractivity contribution in [3.05, 3.63) is 35.4 Å². The molecule has 4 N–H and O–H groups in total. The van der Waals surface area contributed by atoms with Crippen LogP contribution in [-0.2, 0) is 9.53 Å². The number of ether oxygens (including phenoxy) is 1. The van der Waals surface area contributed by atoms with Crippen molar-refractivity contribution in [2.45, 2.75) is 6.04 Å². The van der Waals surface area contributed by atoms with Crippen molar-refractivity contribution in [1.29, 1.82) is 0 Å². The lowest BCUT2D eigenvalue weighted by Crippen LogP contribution is -2.24. The van der Waals surface area contributed by atoms with Gasteiger partial charge in [-0.15, -0.1) is 0 Å². The number of hydrogen-bond acceptors (Lipinski definition) is 3. The molecule has 0 saturated carbocycles. The Morgan fingerprint density at radius 1 is 1.44 bits per heavy atom. The van der Waals surface area contributed by atoms with E-state index in [-0.39, 0.29) is 18.8 Å². The van der Waals surface area contributed by atoms with E-state index in [9.17, 15) is 13.6 Å². The summed E-state index contributed by atoms with van der Waals surface area (Å²) < 4.78 is 30.7. The molecular formula is C10H12F2N2O2. The Labute approximate surface area is 91.2 Å². The van der Waals surface area contributed by atoms with Gasteiger partial charge >= 0.3 is 0 Å². The smallest absolute Gasteiger partial charge is 0.243 e. The molecule has 0 aromatic heterocycles. The number of hydrogen-bond donors (Lipinski definition) is 2. The molecule has 1 aromatic carbocycles. The number of halogens is 2. The van der Waals surface area contributed by atoms with E-state index in [1.54, 1.807) is 0 Å². The number of rotatable bonds is 5. The Balaban J connectivity index is 2.58. The summed E-state index contributed by atoms with van der Waals surface area (Å²) in [5.41, 5.74) is 10.6. The fourth-order valence-electron chi connectivity index (χ4n) is 1.18. The summed E-state index contributed by atoms with van der Waals surface area (Å²) in [4.78, 5) is 10.4. The second-order valence-corrected chi connectivity index (χ2v) is 3.25. The van der Waals surface area contributed by atoms with Crippen molar-refractivity contribution in [3.8, 4) is 0 Å². The summed E-state index contributed by atoms with van der Waals surface area (Å²) in [6, 6.07) is 2.32. The molecule has 16 heavy (non-hydrogen) atoms. The third-order valence-corrected chi connectivity index (χ3v) is 1.90. The molecule has 1 unspecified atom stereocenters. The highest BCUT2D eigenvalue weighted by Gasteiger charge is 2.12. The van der Waals surface area contributed by atoms with Crippen LogP contribution in [-0.4, -0.2) is 19.1 Å². The zero-order valence-electron chi connectivity index (χ0n) is 8.45. The molecule has 0 aliphatic rings. The van der Waals surface area contributed by atoms with Gasteiger partial charge in [-0.25, -0.2) is 8.78 Å². The molecule has 1 aromatic rings. The standard InChI is InChI=1S/C10H12F2N2O2/c11-6-1-2-7(8(12)3-6)9(13)4-16-5-10(14)15/h1-3,9H,4-5,13H2,(H2,14,15). The van der Waals surface area contributed by atoms with Crippen LogP contribution in [0.25, 0.3) is 0 Å². The van der Waals surface area contributed by atoms with Gasteiger partial charge in [0.1, 0.15) is 18.2 Å². The molecule has 0 radical (unpaired) electrons. The van der Waals surface area contributed by atoms with Crippen molar-refractivity contribution in [2.75, 3.05) is 13.2 Å². The molecule has 0 aliphatic carbocycles. The van der Waals surface area contributed by atoms with E-state index >= 15 is 0 Å². The molecule has 88 valence electrons. The summed E-state index contributed by atoms with van der Waals surface area (Å²) in [7, 11) is 0. The van der Waals surface area contributed by atoms with Gasteiger partial charge in [0.2, 0.25) is 5.91 Å². The molecule has 0 saturated heterocycles. The van der Waals surface area contributed by atoms with E-state index in [1.165, 1.54) is 6.07 Å². The van der Waals surface area contributed by atoms with Gasteiger partial charge in [0.15, 0.2) is 0 Å². The molecule has 1 amide bonds. The molecular weight excluding hydrogens is 218 g/mol. The van der Waals surface area contributed by atoms with Crippen LogP contribution in [0.15, 0.2) is 18.2 Å². The van der Waals surface area contributed by atoms with E-state index in [0.29, 0.717) is 0 Å². The second-order valence-electron chi connectivity index (χ2n) is 3.25.